The molecule has 3 aromatic rings. The number of phenols is 1. The van der Waals surface area contributed by atoms with Crippen molar-refractivity contribution < 1.29 is 9.90 Å². The molecule has 9 heteroatoms. The monoisotopic (exact) mass is 417 g/mol. The number of hydrogen-bond acceptors (Lipinski definition) is 8. The molecule has 1 aliphatic rings. The van der Waals surface area contributed by atoms with Crippen LogP contribution in [0.4, 0.5) is 23.1 Å². The number of aromatic nitrogens is 2. The Hall–Kier alpha value is -4.14. The molecule has 4 rings (SSSR count). The molecule has 1 fully saturated rings. The molecule has 0 bridgehead atoms. The number of carbonyl (C=O) groups excluding carboxylic acids is 1. The molecule has 9 nitrogen and oxygen atoms in total. The highest BCUT2D eigenvalue weighted by atomic mass is 16.3. The van der Waals surface area contributed by atoms with Crippen molar-refractivity contribution >= 4 is 35.8 Å². The molecule has 0 radical (unpaired) electrons. The van der Waals surface area contributed by atoms with E-state index in [0.29, 0.717) is 54.9 Å². The van der Waals surface area contributed by atoms with Crippen LogP contribution in [0.15, 0.2) is 48.5 Å². The lowest BCUT2D eigenvalue weighted by atomic mass is 10.1. The summed E-state index contributed by atoms with van der Waals surface area (Å²) in [6.45, 7) is 2.46. The van der Waals surface area contributed by atoms with Crippen LogP contribution in [0.1, 0.15) is 5.56 Å². The third-order valence-electron chi connectivity index (χ3n) is 5.12. The van der Waals surface area contributed by atoms with E-state index in [4.69, 9.17) is 16.1 Å². The summed E-state index contributed by atoms with van der Waals surface area (Å²) < 4.78 is 0. The highest BCUT2D eigenvalue weighted by Gasteiger charge is 2.19. The summed E-state index contributed by atoms with van der Waals surface area (Å²) in [4.78, 5) is 24.2. The van der Waals surface area contributed by atoms with Crippen molar-refractivity contribution in [1.82, 2.24) is 14.9 Å². The summed E-state index contributed by atoms with van der Waals surface area (Å²) in [6.07, 6.45) is 2.06. The molecule has 2 aromatic carbocycles. The molecule has 0 unspecified atom stereocenters. The maximum atomic E-state index is 11.0. The Balaban J connectivity index is 1.71. The van der Waals surface area contributed by atoms with Crippen LogP contribution in [0.3, 0.4) is 0 Å². The van der Waals surface area contributed by atoms with E-state index in [2.05, 4.69) is 10.3 Å². The number of nitrogens with one attached hydrogen (secondary N) is 2. The molecule has 5 N–H and O–H groups in total. The van der Waals surface area contributed by atoms with Gasteiger partial charge in [-0.2, -0.15) is 4.98 Å². The molecule has 0 saturated carbocycles. The van der Waals surface area contributed by atoms with E-state index in [1.165, 1.54) is 6.21 Å². The Bertz CT molecular complexity index is 1110. The summed E-state index contributed by atoms with van der Waals surface area (Å²) in [5.74, 6) is 1.26. The minimum absolute atomic E-state index is 0.154. The number of carbonyl (C=O) groups is 1. The highest BCUT2D eigenvalue weighted by molar-refractivity contribution is 5.87. The van der Waals surface area contributed by atoms with E-state index in [1.807, 2.05) is 17.0 Å². The summed E-state index contributed by atoms with van der Waals surface area (Å²) in [7, 11) is 0. The van der Waals surface area contributed by atoms with Gasteiger partial charge in [-0.05, 0) is 30.3 Å². The minimum Gasteiger partial charge on any atom is -0.508 e. The Morgan fingerprint density at radius 2 is 1.87 bits per heavy atom. The van der Waals surface area contributed by atoms with Crippen molar-refractivity contribution in [3.8, 4) is 17.0 Å². The lowest BCUT2D eigenvalue weighted by molar-refractivity contribution is -0.118. The fourth-order valence-electron chi connectivity index (χ4n) is 3.41. The van der Waals surface area contributed by atoms with Crippen LogP contribution in [-0.4, -0.2) is 58.8 Å². The van der Waals surface area contributed by atoms with Crippen molar-refractivity contribution in [1.29, 1.82) is 5.41 Å². The molecule has 158 valence electrons. The second-order valence-electron chi connectivity index (χ2n) is 7.23. The van der Waals surface area contributed by atoms with Crippen LogP contribution in [0, 0.1) is 5.41 Å². The summed E-state index contributed by atoms with van der Waals surface area (Å²) in [5, 5.41) is 20.7. The first-order chi connectivity index (χ1) is 15.1. The van der Waals surface area contributed by atoms with Gasteiger partial charge in [-0.15, -0.1) is 0 Å². The van der Waals surface area contributed by atoms with Gasteiger partial charge in [0.15, 0.2) is 0 Å². The van der Waals surface area contributed by atoms with Crippen molar-refractivity contribution in [2.75, 3.05) is 42.1 Å². The summed E-state index contributed by atoms with van der Waals surface area (Å²) in [6, 6.07) is 14.0. The summed E-state index contributed by atoms with van der Waals surface area (Å²) >= 11 is 0. The van der Waals surface area contributed by atoms with Crippen LogP contribution in [0.2, 0.25) is 0 Å². The zero-order valence-corrected chi connectivity index (χ0v) is 16.8. The number of phenolic OH excluding ortho intramolecular Hbond substituents is 1. The fourth-order valence-corrected chi connectivity index (χ4v) is 3.41. The number of piperazine rings is 1. The SMILES string of the molecule is N=Cc1cc(Nc2cc(-c3cccc(O)c3)nc(N3CCN(C=O)CC3)n2)ccc1N. The Morgan fingerprint density at radius 3 is 2.58 bits per heavy atom. The van der Waals surface area contributed by atoms with Gasteiger partial charge in [-0.3, -0.25) is 4.79 Å². The number of nitrogen functional groups attached to an aromatic ring is 1. The zero-order chi connectivity index (χ0) is 21.8. The quantitative estimate of drug-likeness (QED) is 0.275. The molecule has 0 aliphatic carbocycles. The Labute approximate surface area is 179 Å². The highest BCUT2D eigenvalue weighted by Crippen LogP contribution is 2.28. The number of aromatic hydroxyl groups is 1. The lowest BCUT2D eigenvalue weighted by Gasteiger charge is -2.32. The van der Waals surface area contributed by atoms with Crippen LogP contribution < -0.4 is 16.0 Å². The number of rotatable bonds is 6. The van der Waals surface area contributed by atoms with Crippen molar-refractivity contribution in [2.45, 2.75) is 0 Å². The largest absolute Gasteiger partial charge is 0.508 e. The first-order valence-electron chi connectivity index (χ1n) is 9.85. The molecule has 0 spiro atoms. The fraction of sp³-hybridized carbons (Fsp3) is 0.182. The number of anilines is 4. The number of nitrogens with two attached hydrogens (primary N) is 1. The van der Waals surface area contributed by atoms with Gasteiger partial charge in [0.25, 0.3) is 0 Å². The zero-order valence-electron chi connectivity index (χ0n) is 16.8. The van der Waals surface area contributed by atoms with E-state index < -0.39 is 0 Å². The third-order valence-corrected chi connectivity index (χ3v) is 5.12. The minimum atomic E-state index is 0.154. The van der Waals surface area contributed by atoms with Crippen molar-refractivity contribution in [3.63, 3.8) is 0 Å². The van der Waals surface area contributed by atoms with Crippen LogP contribution >= 0.6 is 0 Å². The van der Waals surface area contributed by atoms with Gasteiger partial charge in [0.05, 0.1) is 5.69 Å². The maximum Gasteiger partial charge on any atom is 0.228 e. The van der Waals surface area contributed by atoms with Crippen molar-refractivity contribution in [3.05, 3.63) is 54.1 Å². The second-order valence-corrected chi connectivity index (χ2v) is 7.23. The van der Waals surface area contributed by atoms with Gasteiger partial charge in [-0.1, -0.05) is 12.1 Å². The molecule has 0 atom stereocenters. The number of benzene rings is 2. The van der Waals surface area contributed by atoms with E-state index in [-0.39, 0.29) is 5.75 Å². The van der Waals surface area contributed by atoms with Gasteiger partial charge in [0.1, 0.15) is 11.6 Å². The first kappa shape index (κ1) is 20.1. The van der Waals surface area contributed by atoms with Gasteiger partial charge in [0, 0.05) is 61.0 Å². The number of nitrogens with zero attached hydrogens (tertiary/aromatic N) is 4. The average molecular weight is 417 g/mol. The predicted octanol–water partition coefficient (Wildman–Crippen LogP) is 2.45. The third kappa shape index (κ3) is 4.55. The summed E-state index contributed by atoms with van der Waals surface area (Å²) in [5.41, 5.74) is 9.18. The molecule has 1 amide bonds. The Morgan fingerprint density at radius 1 is 1.06 bits per heavy atom. The van der Waals surface area contributed by atoms with E-state index in [1.54, 1.807) is 41.3 Å². The molecular weight excluding hydrogens is 394 g/mol. The number of hydrogen-bond donors (Lipinski definition) is 4. The average Bonchev–Trinajstić information content (AvgIpc) is 2.80. The maximum absolute atomic E-state index is 11.0. The van der Waals surface area contributed by atoms with E-state index >= 15 is 0 Å². The van der Waals surface area contributed by atoms with Gasteiger partial charge in [0.2, 0.25) is 12.4 Å². The van der Waals surface area contributed by atoms with E-state index in [0.717, 1.165) is 17.7 Å². The van der Waals surface area contributed by atoms with Gasteiger partial charge < -0.3 is 31.4 Å². The molecule has 1 aliphatic heterocycles. The second kappa shape index (κ2) is 8.70. The van der Waals surface area contributed by atoms with E-state index in [9.17, 15) is 9.90 Å². The van der Waals surface area contributed by atoms with Crippen LogP contribution in [0.5, 0.6) is 5.75 Å². The number of amides is 1. The molecule has 31 heavy (non-hydrogen) atoms. The first-order valence-corrected chi connectivity index (χ1v) is 9.85. The van der Waals surface area contributed by atoms with Gasteiger partial charge >= 0.3 is 0 Å². The molecular formula is C22H23N7O2. The van der Waals surface area contributed by atoms with Crippen LogP contribution in [-0.2, 0) is 4.79 Å². The predicted molar refractivity (Wildman–Crippen MR) is 121 cm³/mol. The lowest BCUT2D eigenvalue weighted by Crippen LogP contribution is -2.46. The standard InChI is InChI=1S/C22H23N7O2/c23-13-16-10-17(4-5-19(16)24)25-21-12-20(15-2-1-3-18(31)11-15)26-22(27-21)29-8-6-28(14-30)7-9-29/h1-5,10-14,23,31H,6-9,24H2,(H,25,26,27). The topological polar surface area (TPSA) is 131 Å². The van der Waals surface area contributed by atoms with Crippen molar-refractivity contribution in [2.24, 2.45) is 0 Å². The van der Waals surface area contributed by atoms with Gasteiger partial charge in [-0.25, -0.2) is 4.98 Å². The smallest absolute Gasteiger partial charge is 0.228 e. The van der Waals surface area contributed by atoms with Crippen LogP contribution in [0.25, 0.3) is 11.3 Å². The molecule has 2 heterocycles. The molecule has 1 saturated heterocycles. The Kier molecular flexibility index (Phi) is 5.65. The molecule has 1 aromatic heterocycles. The normalized spacial score (nSPS) is 13.7.